The number of nitrogens with zero attached hydrogens (tertiary/aromatic N) is 1. The average molecular weight is 187 g/mol. The van der Waals surface area contributed by atoms with E-state index >= 15 is 0 Å². The summed E-state index contributed by atoms with van der Waals surface area (Å²) < 4.78 is 5.30. The summed E-state index contributed by atoms with van der Waals surface area (Å²) in [5.74, 6) is 1.97. The van der Waals surface area contributed by atoms with Gasteiger partial charge in [-0.25, -0.2) is 17.1 Å². The summed E-state index contributed by atoms with van der Waals surface area (Å²) in [5.41, 5.74) is 1.22. The number of hydrogen-bond acceptors (Lipinski definition) is 2. The van der Waals surface area contributed by atoms with E-state index in [0.29, 0.717) is 0 Å². The summed E-state index contributed by atoms with van der Waals surface area (Å²) in [6.07, 6.45) is 6.99. The van der Waals surface area contributed by atoms with E-state index in [1.54, 1.807) is 0 Å². The second-order valence-corrected chi connectivity index (χ2v) is 2.76. The van der Waals surface area contributed by atoms with Crippen molar-refractivity contribution in [3.63, 3.8) is 0 Å². The molecule has 0 radical (unpaired) electrons. The second kappa shape index (κ2) is 4.63. The van der Waals surface area contributed by atoms with Crippen LogP contribution in [-0.4, -0.2) is 12.8 Å². The Kier molecular flexibility index (Phi) is 4.06. The summed E-state index contributed by atoms with van der Waals surface area (Å²) in [6, 6.07) is 0. The van der Waals surface area contributed by atoms with Crippen molar-refractivity contribution in [2.75, 3.05) is 6.61 Å². The molecule has 2 aliphatic heterocycles. The minimum atomic E-state index is 0. The fourth-order valence-corrected chi connectivity index (χ4v) is 1.17. The summed E-state index contributed by atoms with van der Waals surface area (Å²) >= 11 is 0. The van der Waals surface area contributed by atoms with Gasteiger partial charge in [0.1, 0.15) is 0 Å². The van der Waals surface area contributed by atoms with Crippen molar-refractivity contribution in [2.24, 2.45) is 4.99 Å². The van der Waals surface area contributed by atoms with Gasteiger partial charge in [0.25, 0.3) is 0 Å². The molecule has 2 nitrogen and oxygen atoms in total. The third-order valence-electron chi connectivity index (χ3n) is 1.82. The van der Waals surface area contributed by atoms with Crippen molar-refractivity contribution in [2.45, 2.75) is 13.3 Å². The normalized spacial score (nSPS) is 19.9. The molecular formula is C9H10KNO. The number of rotatable bonds is 0. The zero-order chi connectivity index (χ0) is 7.68. The molecule has 0 unspecified atom stereocenters. The van der Waals surface area contributed by atoms with E-state index in [4.69, 9.17) is 4.74 Å². The van der Waals surface area contributed by atoms with Crippen LogP contribution < -0.4 is 51.4 Å². The Bertz CT molecular complexity index is 231. The summed E-state index contributed by atoms with van der Waals surface area (Å²) in [4.78, 5) is 4.20. The minimum absolute atomic E-state index is 0. The van der Waals surface area contributed by atoms with Crippen molar-refractivity contribution in [3.8, 4) is 0 Å². The first-order valence-corrected chi connectivity index (χ1v) is 3.78. The van der Waals surface area contributed by atoms with Gasteiger partial charge in [0.05, 0.1) is 6.61 Å². The molecule has 0 atom stereocenters. The second-order valence-electron chi connectivity index (χ2n) is 2.76. The quantitative estimate of drug-likeness (QED) is 0.347. The summed E-state index contributed by atoms with van der Waals surface area (Å²) in [5, 5.41) is 0. The van der Waals surface area contributed by atoms with Crippen LogP contribution in [0.5, 0.6) is 0 Å². The SMILES string of the molecule is C[C-]1C=CC2=C(N=C1)OCC2.[K+]. The van der Waals surface area contributed by atoms with Gasteiger partial charge in [-0.1, -0.05) is 5.57 Å². The van der Waals surface area contributed by atoms with Gasteiger partial charge in [-0.3, -0.25) is 0 Å². The van der Waals surface area contributed by atoms with E-state index in [1.807, 2.05) is 13.1 Å². The molecule has 0 fully saturated rings. The zero-order valence-electron chi connectivity index (χ0n) is 7.50. The van der Waals surface area contributed by atoms with Crippen LogP contribution in [0.3, 0.4) is 0 Å². The van der Waals surface area contributed by atoms with E-state index in [-0.39, 0.29) is 51.4 Å². The van der Waals surface area contributed by atoms with Crippen molar-refractivity contribution < 1.29 is 56.1 Å². The maximum Gasteiger partial charge on any atom is 1.00 e. The average Bonchev–Trinajstić information content (AvgIpc) is 2.38. The standard InChI is InChI=1S/C9H10NO.K/c1-7-2-3-8-4-5-11-9(8)10-6-7;/h2-3,6H,4-5H2,1H3;/q-1;+1. The van der Waals surface area contributed by atoms with Crippen molar-refractivity contribution in [1.82, 2.24) is 0 Å². The zero-order valence-corrected chi connectivity index (χ0v) is 10.6. The van der Waals surface area contributed by atoms with E-state index in [1.165, 1.54) is 11.5 Å². The smallest absolute Gasteiger partial charge is 0.478 e. The van der Waals surface area contributed by atoms with Crippen LogP contribution in [0.2, 0.25) is 0 Å². The van der Waals surface area contributed by atoms with Crippen molar-refractivity contribution >= 4 is 6.21 Å². The van der Waals surface area contributed by atoms with E-state index in [0.717, 1.165) is 18.9 Å². The van der Waals surface area contributed by atoms with Crippen LogP contribution in [0, 0.1) is 5.92 Å². The molecule has 0 saturated carbocycles. The molecule has 0 aliphatic carbocycles. The Balaban J connectivity index is 0.000000720. The number of ether oxygens (including phenoxy) is 1. The maximum atomic E-state index is 5.30. The summed E-state index contributed by atoms with van der Waals surface area (Å²) in [7, 11) is 0. The third kappa shape index (κ3) is 2.23. The fourth-order valence-electron chi connectivity index (χ4n) is 1.17. The van der Waals surface area contributed by atoms with Gasteiger partial charge >= 0.3 is 51.4 Å². The van der Waals surface area contributed by atoms with Crippen molar-refractivity contribution in [1.29, 1.82) is 0 Å². The molecule has 0 aromatic carbocycles. The Morgan fingerprint density at radius 3 is 3.25 bits per heavy atom. The van der Waals surface area contributed by atoms with Crippen LogP contribution in [-0.2, 0) is 4.74 Å². The van der Waals surface area contributed by atoms with Gasteiger partial charge in [-0.15, -0.1) is 6.92 Å². The van der Waals surface area contributed by atoms with Gasteiger partial charge in [-0.2, -0.15) is 5.92 Å². The molecule has 2 aliphatic rings. The molecule has 58 valence electrons. The Morgan fingerprint density at radius 2 is 2.42 bits per heavy atom. The minimum Gasteiger partial charge on any atom is -0.478 e. The fraction of sp³-hybridized carbons (Fsp3) is 0.333. The molecule has 0 amide bonds. The molecule has 0 N–H and O–H groups in total. The van der Waals surface area contributed by atoms with E-state index in [2.05, 4.69) is 17.1 Å². The maximum absolute atomic E-state index is 5.30. The van der Waals surface area contributed by atoms with Crippen molar-refractivity contribution in [3.05, 3.63) is 29.5 Å². The first kappa shape index (κ1) is 10.5. The van der Waals surface area contributed by atoms with Gasteiger partial charge in [0, 0.05) is 0 Å². The number of hydrogen-bond donors (Lipinski definition) is 0. The molecule has 0 aromatic rings. The van der Waals surface area contributed by atoms with Crippen LogP contribution in [0.25, 0.3) is 0 Å². The van der Waals surface area contributed by atoms with Crippen LogP contribution in [0.4, 0.5) is 0 Å². The molecule has 12 heavy (non-hydrogen) atoms. The molecule has 0 saturated heterocycles. The number of allylic oxidation sites excluding steroid dienone is 2. The Morgan fingerprint density at radius 1 is 1.58 bits per heavy atom. The van der Waals surface area contributed by atoms with E-state index < -0.39 is 0 Å². The van der Waals surface area contributed by atoms with Crippen LogP contribution in [0.15, 0.2) is 28.6 Å². The molecule has 2 rings (SSSR count). The topological polar surface area (TPSA) is 21.6 Å². The van der Waals surface area contributed by atoms with E-state index in [9.17, 15) is 0 Å². The molecule has 0 spiro atoms. The van der Waals surface area contributed by atoms with Crippen LogP contribution in [0.1, 0.15) is 13.3 Å². The monoisotopic (exact) mass is 187 g/mol. The molecular weight excluding hydrogens is 177 g/mol. The Labute approximate surface area is 115 Å². The molecule has 0 bridgehead atoms. The van der Waals surface area contributed by atoms with Gasteiger partial charge in [0.2, 0.25) is 0 Å². The van der Waals surface area contributed by atoms with Gasteiger partial charge < -0.3 is 4.74 Å². The Hall–Kier alpha value is 0.456. The predicted octanol–water partition coefficient (Wildman–Crippen LogP) is -1.14. The largest absolute Gasteiger partial charge is 1.00 e. The van der Waals surface area contributed by atoms with Gasteiger partial charge in [0.15, 0.2) is 5.88 Å². The van der Waals surface area contributed by atoms with Crippen LogP contribution >= 0.6 is 0 Å². The first-order chi connectivity index (χ1) is 5.36. The number of aliphatic imine (C=N–C) groups is 1. The van der Waals surface area contributed by atoms with Gasteiger partial charge in [-0.05, 0) is 12.6 Å². The molecule has 2 heterocycles. The molecule has 3 heteroatoms. The third-order valence-corrected chi connectivity index (χ3v) is 1.82. The predicted molar refractivity (Wildman–Crippen MR) is 44.1 cm³/mol. The first-order valence-electron chi connectivity index (χ1n) is 3.78. The summed E-state index contributed by atoms with van der Waals surface area (Å²) in [6.45, 7) is 2.81. The molecule has 0 aromatic heterocycles.